The molecule has 168 valence electrons. The molecule has 2 aromatic rings. The highest BCUT2D eigenvalue weighted by molar-refractivity contribution is 7.91. The number of thiophene rings is 1. The van der Waals surface area contributed by atoms with Crippen LogP contribution in [-0.4, -0.2) is 38.8 Å². The minimum atomic E-state index is -3.98. The van der Waals surface area contributed by atoms with Gasteiger partial charge in [0.05, 0.1) is 19.2 Å². The van der Waals surface area contributed by atoms with E-state index in [2.05, 4.69) is 4.72 Å². The minimum Gasteiger partial charge on any atom is -0.465 e. The number of carbonyl (C=O) groups is 2. The number of rotatable bonds is 5. The molecule has 0 spiro atoms. The van der Waals surface area contributed by atoms with E-state index >= 15 is 0 Å². The maximum absolute atomic E-state index is 13.1. The van der Waals surface area contributed by atoms with Crippen LogP contribution in [0.2, 0.25) is 5.02 Å². The minimum absolute atomic E-state index is 0.0172. The zero-order chi connectivity index (χ0) is 23.0. The number of nitrogens with one attached hydrogen (secondary N) is 1. The Kier molecular flexibility index (Phi) is 6.81. The number of ether oxygens (including phenoxy) is 1. The van der Waals surface area contributed by atoms with E-state index in [1.54, 1.807) is 29.2 Å². The highest BCUT2D eigenvalue weighted by Crippen LogP contribution is 2.37. The van der Waals surface area contributed by atoms with Crippen molar-refractivity contribution in [2.75, 3.05) is 13.7 Å². The van der Waals surface area contributed by atoms with Gasteiger partial charge in [-0.1, -0.05) is 44.5 Å². The largest absolute Gasteiger partial charge is 0.465 e. The second-order valence-electron chi connectivity index (χ2n) is 8.34. The van der Waals surface area contributed by atoms with Gasteiger partial charge in [0.25, 0.3) is 10.0 Å². The second-order valence-corrected chi connectivity index (χ2v) is 11.8. The van der Waals surface area contributed by atoms with E-state index in [9.17, 15) is 18.0 Å². The second kappa shape index (κ2) is 8.90. The highest BCUT2D eigenvalue weighted by Gasteiger charge is 2.36. The molecule has 0 unspecified atom stereocenters. The molecule has 0 saturated heterocycles. The van der Waals surface area contributed by atoms with Crippen molar-refractivity contribution >= 4 is 44.8 Å². The van der Waals surface area contributed by atoms with Crippen molar-refractivity contribution in [1.82, 2.24) is 9.62 Å². The number of amides is 1. The van der Waals surface area contributed by atoms with Crippen molar-refractivity contribution in [2.45, 2.75) is 44.5 Å². The summed E-state index contributed by atoms with van der Waals surface area (Å²) in [5.41, 5.74) is 0.890. The lowest BCUT2D eigenvalue weighted by Gasteiger charge is -2.32. The Morgan fingerprint density at radius 1 is 1.23 bits per heavy atom. The molecular formula is C21H25ClN2O5S2. The molecule has 1 aliphatic heterocycles. The average Bonchev–Trinajstić information content (AvgIpc) is 3.11. The van der Waals surface area contributed by atoms with Crippen molar-refractivity contribution in [2.24, 2.45) is 5.41 Å². The van der Waals surface area contributed by atoms with Gasteiger partial charge in [0.1, 0.15) is 4.21 Å². The third-order valence-electron chi connectivity index (χ3n) is 4.97. The van der Waals surface area contributed by atoms with E-state index in [0.29, 0.717) is 28.4 Å². The first-order valence-corrected chi connectivity index (χ1v) is 12.4. The summed E-state index contributed by atoms with van der Waals surface area (Å²) in [7, 11) is -2.76. The van der Waals surface area contributed by atoms with Gasteiger partial charge in [0.2, 0.25) is 5.91 Å². The zero-order valence-corrected chi connectivity index (χ0v) is 20.2. The fraction of sp³-hybridized carbons (Fsp3) is 0.429. The molecule has 1 aromatic carbocycles. The molecule has 1 aliphatic rings. The summed E-state index contributed by atoms with van der Waals surface area (Å²) >= 11 is 6.89. The number of benzene rings is 1. The van der Waals surface area contributed by atoms with Gasteiger partial charge in [-0.15, -0.1) is 11.3 Å². The maximum atomic E-state index is 13.1. The van der Waals surface area contributed by atoms with E-state index in [-0.39, 0.29) is 28.8 Å². The summed E-state index contributed by atoms with van der Waals surface area (Å²) in [5, 5.41) is 0.555. The summed E-state index contributed by atoms with van der Waals surface area (Å²) in [6.07, 6.45) is 0.394. The number of nitrogens with zero attached hydrogens (tertiary/aromatic N) is 1. The van der Waals surface area contributed by atoms with E-state index in [1.807, 2.05) is 20.8 Å². The van der Waals surface area contributed by atoms with E-state index in [4.69, 9.17) is 16.3 Å². The Labute approximate surface area is 191 Å². The fourth-order valence-electron chi connectivity index (χ4n) is 3.37. The lowest BCUT2D eigenvalue weighted by molar-refractivity contribution is -0.140. The molecule has 31 heavy (non-hydrogen) atoms. The van der Waals surface area contributed by atoms with E-state index in [0.717, 1.165) is 16.9 Å². The number of halogens is 1. The number of hydrogen-bond donors (Lipinski definition) is 1. The molecule has 10 heteroatoms. The fourth-order valence-corrected chi connectivity index (χ4v) is 6.46. The monoisotopic (exact) mass is 484 g/mol. The SMILES string of the molecule is COC(=O)c1c(S(=O)(=O)NCc2ccc(Cl)cc2)sc2c1CCN(C(=O)C(C)(C)C)C2. The Morgan fingerprint density at radius 2 is 1.87 bits per heavy atom. The first kappa shape index (κ1) is 23.7. The van der Waals surface area contributed by atoms with Crippen molar-refractivity contribution in [3.8, 4) is 0 Å². The zero-order valence-electron chi connectivity index (χ0n) is 17.8. The lowest BCUT2D eigenvalue weighted by Crippen LogP contribution is -2.42. The number of methoxy groups -OCH3 is 1. The van der Waals surface area contributed by atoms with Gasteiger partial charge in [-0.2, -0.15) is 0 Å². The summed E-state index contributed by atoms with van der Waals surface area (Å²) in [5.74, 6) is -0.712. The molecular weight excluding hydrogens is 460 g/mol. The molecule has 0 radical (unpaired) electrons. The summed E-state index contributed by atoms with van der Waals surface area (Å²) in [6, 6.07) is 6.80. The Bertz CT molecular complexity index is 1100. The molecule has 1 amide bonds. The summed E-state index contributed by atoms with van der Waals surface area (Å²) in [4.78, 5) is 27.6. The maximum Gasteiger partial charge on any atom is 0.340 e. The van der Waals surface area contributed by atoms with Crippen molar-refractivity contribution in [3.05, 3.63) is 50.9 Å². The van der Waals surface area contributed by atoms with Crippen LogP contribution in [0.3, 0.4) is 0 Å². The first-order chi connectivity index (χ1) is 14.4. The standard InChI is InChI=1S/C21H25ClN2O5S2/c1-21(2,3)20(26)24-10-9-15-16(12-24)30-19(17(15)18(25)29-4)31(27,28)23-11-13-5-7-14(22)8-6-13/h5-8,23H,9-12H2,1-4H3. The lowest BCUT2D eigenvalue weighted by atomic mass is 9.93. The molecule has 0 atom stereocenters. The van der Waals surface area contributed by atoms with Crippen molar-refractivity contribution in [1.29, 1.82) is 0 Å². The van der Waals surface area contributed by atoms with Gasteiger partial charge in [0, 0.05) is 28.4 Å². The van der Waals surface area contributed by atoms with Gasteiger partial charge in [-0.25, -0.2) is 17.9 Å². The molecule has 1 aromatic heterocycles. The number of sulfonamides is 1. The van der Waals surface area contributed by atoms with Gasteiger partial charge < -0.3 is 9.64 Å². The quantitative estimate of drug-likeness (QED) is 0.654. The predicted octanol–water partition coefficient (Wildman–Crippen LogP) is 3.60. The van der Waals surface area contributed by atoms with Crippen LogP contribution in [0.25, 0.3) is 0 Å². The smallest absolute Gasteiger partial charge is 0.340 e. The Morgan fingerprint density at radius 3 is 2.45 bits per heavy atom. The first-order valence-electron chi connectivity index (χ1n) is 9.70. The average molecular weight is 485 g/mol. The van der Waals surface area contributed by atoms with Gasteiger partial charge in [-0.05, 0) is 29.7 Å². The summed E-state index contributed by atoms with van der Waals surface area (Å²) in [6.45, 7) is 6.27. The third-order valence-corrected chi connectivity index (χ3v) is 8.35. The molecule has 2 heterocycles. The van der Waals surface area contributed by atoms with Crippen LogP contribution in [0.4, 0.5) is 0 Å². The number of hydrogen-bond acceptors (Lipinski definition) is 6. The molecule has 0 aliphatic carbocycles. The van der Waals surface area contributed by atoms with Crippen LogP contribution in [0, 0.1) is 5.41 Å². The molecule has 0 fully saturated rings. The van der Waals surface area contributed by atoms with Gasteiger partial charge in [-0.3, -0.25) is 4.79 Å². The number of carbonyl (C=O) groups excluding carboxylic acids is 2. The third kappa shape index (κ3) is 5.11. The van der Waals surface area contributed by atoms with Crippen LogP contribution in [0.15, 0.2) is 28.5 Å². The highest BCUT2D eigenvalue weighted by atomic mass is 35.5. The topological polar surface area (TPSA) is 92.8 Å². The van der Waals surface area contributed by atoms with Crippen molar-refractivity contribution in [3.63, 3.8) is 0 Å². The van der Waals surface area contributed by atoms with Crippen LogP contribution < -0.4 is 4.72 Å². The van der Waals surface area contributed by atoms with Gasteiger partial charge in [0.15, 0.2) is 0 Å². The predicted molar refractivity (Wildman–Crippen MR) is 120 cm³/mol. The molecule has 1 N–H and O–H groups in total. The van der Waals surface area contributed by atoms with Crippen LogP contribution in [-0.2, 0) is 39.1 Å². The number of esters is 1. The summed E-state index contributed by atoms with van der Waals surface area (Å²) < 4.78 is 33.5. The number of fused-ring (bicyclic) bond motifs is 1. The molecule has 3 rings (SSSR count). The van der Waals surface area contributed by atoms with Crippen LogP contribution in [0.1, 0.15) is 47.1 Å². The molecule has 0 saturated carbocycles. The van der Waals surface area contributed by atoms with Gasteiger partial charge >= 0.3 is 5.97 Å². The Hall–Kier alpha value is -1.94. The van der Waals surface area contributed by atoms with Crippen LogP contribution >= 0.6 is 22.9 Å². The molecule has 0 bridgehead atoms. The molecule has 7 nitrogen and oxygen atoms in total. The van der Waals surface area contributed by atoms with E-state index in [1.165, 1.54) is 7.11 Å². The van der Waals surface area contributed by atoms with Crippen LogP contribution in [0.5, 0.6) is 0 Å². The Balaban J connectivity index is 1.93. The van der Waals surface area contributed by atoms with Crippen molar-refractivity contribution < 1.29 is 22.7 Å². The normalized spacial score (nSPS) is 14.3. The van der Waals surface area contributed by atoms with E-state index < -0.39 is 21.4 Å².